The van der Waals surface area contributed by atoms with Gasteiger partial charge in [0.05, 0.1) is 6.61 Å². The molecule has 1 heterocycles. The van der Waals surface area contributed by atoms with E-state index in [9.17, 15) is 5.11 Å². The van der Waals surface area contributed by atoms with Gasteiger partial charge in [-0.1, -0.05) is 44.2 Å². The largest absolute Gasteiger partial charge is 0.382 e. The van der Waals surface area contributed by atoms with Gasteiger partial charge in [0.2, 0.25) is 0 Å². The molecule has 1 aromatic heterocycles. The second-order valence-electron chi connectivity index (χ2n) is 5.76. The number of benzene rings is 1. The summed E-state index contributed by atoms with van der Waals surface area (Å²) in [5.41, 5.74) is -0.274. The lowest BCUT2D eigenvalue weighted by molar-refractivity contribution is -0.0376. The third kappa shape index (κ3) is 3.89. The van der Waals surface area contributed by atoms with Crippen LogP contribution in [0, 0.1) is 5.92 Å². The predicted molar refractivity (Wildman–Crippen MR) is 80.8 cm³/mol. The van der Waals surface area contributed by atoms with E-state index >= 15 is 0 Å². The maximum absolute atomic E-state index is 11.0. The highest BCUT2D eigenvalue weighted by Gasteiger charge is 2.31. The Kier molecular flexibility index (Phi) is 5.09. The molecule has 0 spiro atoms. The molecule has 5 heteroatoms. The highest BCUT2D eigenvalue weighted by molar-refractivity contribution is 5.23. The minimum absolute atomic E-state index is 0.214. The number of aromatic nitrogens is 3. The normalized spacial score (nSPS) is 14.3. The third-order valence-corrected chi connectivity index (χ3v) is 3.38. The molecule has 2 aromatic rings. The van der Waals surface area contributed by atoms with Crippen LogP contribution in [0.1, 0.15) is 25.2 Å². The summed E-state index contributed by atoms with van der Waals surface area (Å²) >= 11 is 0. The number of rotatable bonds is 7. The van der Waals surface area contributed by atoms with Crippen LogP contribution in [0.5, 0.6) is 0 Å². The van der Waals surface area contributed by atoms with Crippen LogP contribution in [0.3, 0.4) is 0 Å². The molecule has 1 aromatic carbocycles. The van der Waals surface area contributed by atoms with E-state index in [0.29, 0.717) is 12.3 Å². The molecule has 114 valence electrons. The molecule has 0 aliphatic heterocycles. The van der Waals surface area contributed by atoms with Crippen LogP contribution in [-0.2, 0) is 23.3 Å². The van der Waals surface area contributed by atoms with Crippen molar-refractivity contribution in [1.82, 2.24) is 14.8 Å². The van der Waals surface area contributed by atoms with Crippen LogP contribution in [0.25, 0.3) is 0 Å². The number of aliphatic hydroxyl groups is 1. The first-order chi connectivity index (χ1) is 10.0. The zero-order chi connectivity index (χ0) is 15.3. The summed E-state index contributed by atoms with van der Waals surface area (Å²) in [6.45, 7) is 5.26. The Bertz CT molecular complexity index is 554. The van der Waals surface area contributed by atoms with Gasteiger partial charge in [0.1, 0.15) is 17.8 Å². The monoisotopic (exact) mass is 289 g/mol. The Morgan fingerprint density at radius 1 is 1.29 bits per heavy atom. The minimum Gasteiger partial charge on any atom is -0.382 e. The van der Waals surface area contributed by atoms with Crippen molar-refractivity contribution in [2.24, 2.45) is 5.92 Å². The van der Waals surface area contributed by atoms with Gasteiger partial charge in [-0.15, -0.1) is 0 Å². The summed E-state index contributed by atoms with van der Waals surface area (Å²) < 4.78 is 7.08. The van der Waals surface area contributed by atoms with E-state index in [1.54, 1.807) is 7.11 Å². The zero-order valence-corrected chi connectivity index (χ0v) is 12.9. The van der Waals surface area contributed by atoms with Crippen molar-refractivity contribution >= 4 is 0 Å². The van der Waals surface area contributed by atoms with Crippen molar-refractivity contribution in [3.8, 4) is 0 Å². The first kappa shape index (κ1) is 15.7. The van der Waals surface area contributed by atoms with E-state index in [1.807, 2.05) is 35.0 Å². The molecule has 0 amide bonds. The average molecular weight is 289 g/mol. The summed E-state index contributed by atoms with van der Waals surface area (Å²) in [6, 6.07) is 9.56. The maximum atomic E-state index is 11.0. The first-order valence-corrected chi connectivity index (χ1v) is 7.18. The highest BCUT2D eigenvalue weighted by Crippen LogP contribution is 2.25. The Balaban J connectivity index is 2.26. The van der Waals surface area contributed by atoms with Gasteiger partial charge in [-0.05, 0) is 11.5 Å². The highest BCUT2D eigenvalue weighted by atomic mass is 16.5. The maximum Gasteiger partial charge on any atom is 0.138 e. The van der Waals surface area contributed by atoms with Crippen LogP contribution in [0.4, 0.5) is 0 Å². The first-order valence-electron chi connectivity index (χ1n) is 7.18. The molecule has 5 nitrogen and oxygen atoms in total. The SMILES string of the molecule is COCC(O)(Cc1ncnn1CC(C)C)c1ccccc1. The molecule has 0 fully saturated rings. The predicted octanol–water partition coefficient (Wildman–Crippen LogP) is 2.01. The number of nitrogens with zero attached hydrogens (tertiary/aromatic N) is 3. The van der Waals surface area contributed by atoms with Gasteiger partial charge in [0.25, 0.3) is 0 Å². The van der Waals surface area contributed by atoms with Crippen LogP contribution in [0.15, 0.2) is 36.7 Å². The van der Waals surface area contributed by atoms with E-state index in [-0.39, 0.29) is 6.61 Å². The van der Waals surface area contributed by atoms with Crippen molar-refractivity contribution in [1.29, 1.82) is 0 Å². The van der Waals surface area contributed by atoms with Crippen molar-refractivity contribution in [2.45, 2.75) is 32.4 Å². The molecule has 1 N–H and O–H groups in total. The van der Waals surface area contributed by atoms with Gasteiger partial charge in [-0.3, -0.25) is 0 Å². The lowest BCUT2D eigenvalue weighted by Crippen LogP contribution is -2.35. The Morgan fingerprint density at radius 2 is 2.00 bits per heavy atom. The van der Waals surface area contributed by atoms with Crippen LogP contribution >= 0.6 is 0 Å². The quantitative estimate of drug-likeness (QED) is 0.847. The van der Waals surface area contributed by atoms with Crippen molar-refractivity contribution in [2.75, 3.05) is 13.7 Å². The lowest BCUT2D eigenvalue weighted by atomic mass is 9.91. The summed E-state index contributed by atoms with van der Waals surface area (Å²) in [5, 5.41) is 15.3. The molecule has 21 heavy (non-hydrogen) atoms. The molecule has 0 aliphatic rings. The summed E-state index contributed by atoms with van der Waals surface area (Å²) in [5.74, 6) is 1.24. The number of hydrogen-bond acceptors (Lipinski definition) is 4. The second-order valence-corrected chi connectivity index (χ2v) is 5.76. The van der Waals surface area contributed by atoms with E-state index < -0.39 is 5.60 Å². The van der Waals surface area contributed by atoms with Crippen molar-refractivity contribution in [3.05, 3.63) is 48.0 Å². The van der Waals surface area contributed by atoms with Gasteiger partial charge in [-0.2, -0.15) is 5.10 Å². The topological polar surface area (TPSA) is 60.2 Å². The summed E-state index contributed by atoms with van der Waals surface area (Å²) in [7, 11) is 1.59. The number of hydrogen-bond donors (Lipinski definition) is 1. The fourth-order valence-electron chi connectivity index (χ4n) is 2.41. The molecular weight excluding hydrogens is 266 g/mol. The van der Waals surface area contributed by atoms with E-state index in [4.69, 9.17) is 4.74 Å². The number of ether oxygens (including phenoxy) is 1. The molecule has 1 atom stereocenters. The Morgan fingerprint density at radius 3 is 2.62 bits per heavy atom. The molecule has 0 saturated carbocycles. The molecule has 2 rings (SSSR count). The molecule has 0 aliphatic carbocycles. The fourth-order valence-corrected chi connectivity index (χ4v) is 2.41. The summed E-state index contributed by atoms with van der Waals surface area (Å²) in [6.07, 6.45) is 1.91. The van der Waals surface area contributed by atoms with Crippen molar-refractivity contribution in [3.63, 3.8) is 0 Å². The second kappa shape index (κ2) is 6.83. The standard InChI is InChI=1S/C16H23N3O2/c1-13(2)10-19-15(17-12-18-19)9-16(20,11-21-3)14-7-5-4-6-8-14/h4-8,12-13,20H,9-11H2,1-3H3. The van der Waals surface area contributed by atoms with Gasteiger partial charge in [0.15, 0.2) is 0 Å². The molecule has 1 unspecified atom stereocenters. The molecule has 0 saturated heterocycles. The van der Waals surface area contributed by atoms with Crippen LogP contribution in [0.2, 0.25) is 0 Å². The molecule has 0 radical (unpaired) electrons. The van der Waals surface area contributed by atoms with Gasteiger partial charge < -0.3 is 9.84 Å². The van der Waals surface area contributed by atoms with Crippen LogP contribution in [-0.4, -0.2) is 33.6 Å². The summed E-state index contributed by atoms with van der Waals surface area (Å²) in [4.78, 5) is 4.30. The minimum atomic E-state index is -1.10. The van der Waals surface area contributed by atoms with Gasteiger partial charge in [0, 0.05) is 20.1 Å². The van der Waals surface area contributed by atoms with Gasteiger partial charge >= 0.3 is 0 Å². The van der Waals surface area contributed by atoms with E-state index in [1.165, 1.54) is 6.33 Å². The van der Waals surface area contributed by atoms with Crippen LogP contribution < -0.4 is 0 Å². The molecular formula is C16H23N3O2. The Hall–Kier alpha value is -1.72. The van der Waals surface area contributed by atoms with Gasteiger partial charge in [-0.25, -0.2) is 9.67 Å². The third-order valence-electron chi connectivity index (χ3n) is 3.38. The molecule has 0 bridgehead atoms. The zero-order valence-electron chi connectivity index (χ0n) is 12.9. The fraction of sp³-hybridized carbons (Fsp3) is 0.500. The van der Waals surface area contributed by atoms with Crippen molar-refractivity contribution < 1.29 is 9.84 Å². The smallest absolute Gasteiger partial charge is 0.138 e. The number of methoxy groups -OCH3 is 1. The average Bonchev–Trinajstić information content (AvgIpc) is 2.86. The van der Waals surface area contributed by atoms with E-state index in [0.717, 1.165) is 17.9 Å². The van der Waals surface area contributed by atoms with E-state index in [2.05, 4.69) is 23.9 Å². The lowest BCUT2D eigenvalue weighted by Gasteiger charge is -2.27. The Labute approximate surface area is 125 Å².